The fraction of sp³-hybridized carbons (Fsp3) is 0.318. The molecule has 18 heteroatoms. The van der Waals surface area contributed by atoms with Crippen LogP contribution in [0.1, 0.15) is 46.8 Å². The van der Waals surface area contributed by atoms with Gasteiger partial charge in [-0.2, -0.15) is 0 Å². The van der Waals surface area contributed by atoms with E-state index in [9.17, 15) is 39.0 Å². The molecule has 14 nitrogen and oxygen atoms in total. The Hall–Kier alpha value is -5.30. The molecule has 2 heterocycles. The first-order valence-corrected chi connectivity index (χ1v) is 24.0. The minimum atomic E-state index is -1.11. The van der Waals surface area contributed by atoms with Crippen LogP contribution in [0.4, 0.5) is 9.59 Å². The van der Waals surface area contributed by atoms with Crippen LogP contribution in [-0.4, -0.2) is 91.2 Å². The molecule has 0 radical (unpaired) electrons. The minimum Gasteiger partial charge on any atom is -0.480 e. The van der Waals surface area contributed by atoms with Gasteiger partial charge in [-0.3, -0.25) is 9.59 Å². The van der Waals surface area contributed by atoms with Crippen molar-refractivity contribution < 1.29 is 57.9 Å². The fourth-order valence-electron chi connectivity index (χ4n) is 6.48. The number of benzene rings is 4. The van der Waals surface area contributed by atoms with Gasteiger partial charge in [0.05, 0.1) is 0 Å². The van der Waals surface area contributed by atoms with Crippen molar-refractivity contribution in [1.29, 1.82) is 0 Å². The van der Waals surface area contributed by atoms with Gasteiger partial charge in [0.1, 0.15) is 47.5 Å². The van der Waals surface area contributed by atoms with Gasteiger partial charge in [0.2, 0.25) is 11.8 Å². The Bertz CT molecular complexity index is 2030. The Morgan fingerprint density at radius 2 is 0.935 bits per heavy atom. The molecule has 326 valence electrons. The molecule has 0 bridgehead atoms. The van der Waals surface area contributed by atoms with Gasteiger partial charge in [0, 0.05) is 34.8 Å². The zero-order chi connectivity index (χ0) is 44.2. The molecule has 0 aromatic heterocycles. The number of carbonyl (C=O) groups is 6. The normalized spacial score (nSPS) is 19.3. The molecule has 2 saturated heterocycles. The van der Waals surface area contributed by atoms with E-state index in [4.69, 9.17) is 18.9 Å². The summed E-state index contributed by atoms with van der Waals surface area (Å²) in [5.41, 5.74) is 2.95. The van der Waals surface area contributed by atoms with Crippen molar-refractivity contribution in [2.45, 2.75) is 49.9 Å². The quantitative estimate of drug-likeness (QED) is 0.0444. The Balaban J connectivity index is 0.993. The molecular formula is C44H44N2O12S4. The second-order valence-electron chi connectivity index (χ2n) is 14.3. The van der Waals surface area contributed by atoms with Crippen molar-refractivity contribution in [3.63, 3.8) is 0 Å². The zero-order valence-electron chi connectivity index (χ0n) is 33.6. The lowest BCUT2D eigenvalue weighted by atomic mass is 10.1. The van der Waals surface area contributed by atoms with Crippen LogP contribution in [0, 0.1) is 11.8 Å². The number of amides is 2. The van der Waals surface area contributed by atoms with E-state index in [1.165, 1.54) is 54.9 Å². The molecule has 62 heavy (non-hydrogen) atoms. The molecule has 2 aliphatic heterocycles. The summed E-state index contributed by atoms with van der Waals surface area (Å²) in [4.78, 5) is 79.6. The molecule has 4 aromatic carbocycles. The zero-order valence-corrected chi connectivity index (χ0v) is 36.9. The minimum absolute atomic E-state index is 0.0500. The van der Waals surface area contributed by atoms with Crippen LogP contribution in [-0.2, 0) is 41.9 Å². The summed E-state index contributed by atoms with van der Waals surface area (Å²) in [6.45, 7) is 3.56. The second kappa shape index (κ2) is 22.2. The molecule has 2 aliphatic rings. The van der Waals surface area contributed by atoms with Gasteiger partial charge in [-0.15, -0.1) is 23.5 Å². The topological polar surface area (TPSA) is 186 Å². The molecule has 6 atom stereocenters. The summed E-state index contributed by atoms with van der Waals surface area (Å²) in [7, 11) is 2.75. The average molecular weight is 921 g/mol. The molecule has 0 saturated carbocycles. The first-order chi connectivity index (χ1) is 29.9. The number of ether oxygens (including phenoxy) is 4. The first-order valence-electron chi connectivity index (χ1n) is 19.4. The highest BCUT2D eigenvalue weighted by atomic mass is 33.1. The molecule has 2 N–H and O–H groups in total. The van der Waals surface area contributed by atoms with Crippen LogP contribution in [0.3, 0.4) is 0 Å². The van der Waals surface area contributed by atoms with Crippen molar-refractivity contribution in [2.24, 2.45) is 11.8 Å². The van der Waals surface area contributed by atoms with E-state index in [1.807, 2.05) is 60.7 Å². The van der Waals surface area contributed by atoms with Crippen LogP contribution < -0.4 is 9.47 Å². The fourth-order valence-corrected chi connectivity index (χ4v) is 12.0. The van der Waals surface area contributed by atoms with Gasteiger partial charge in [-0.05, 0) is 46.5 Å². The Kier molecular flexibility index (Phi) is 16.5. The van der Waals surface area contributed by atoms with E-state index in [1.54, 1.807) is 62.4 Å². The number of carboxylic acids is 2. The van der Waals surface area contributed by atoms with Crippen molar-refractivity contribution in [2.75, 3.05) is 23.0 Å². The van der Waals surface area contributed by atoms with Crippen molar-refractivity contribution in [3.8, 4) is 11.5 Å². The number of rotatable bonds is 17. The lowest BCUT2D eigenvalue weighted by Crippen LogP contribution is -2.45. The number of nitrogens with zero attached hydrogens (tertiary/aromatic N) is 2. The summed E-state index contributed by atoms with van der Waals surface area (Å²) in [6, 6.07) is 29.2. The Morgan fingerprint density at radius 3 is 1.27 bits per heavy atom. The third-order valence-electron chi connectivity index (χ3n) is 9.77. The molecule has 2 amide bonds. The number of hydrogen-bond donors (Lipinski definition) is 2. The number of aliphatic carboxylic acids is 2. The van der Waals surface area contributed by atoms with Crippen molar-refractivity contribution in [3.05, 3.63) is 131 Å². The van der Waals surface area contributed by atoms with Crippen molar-refractivity contribution in [1.82, 2.24) is 9.80 Å². The molecule has 0 spiro atoms. The average Bonchev–Trinajstić information content (AvgIpc) is 3.94. The number of carboxylic acid groups (broad SMARTS) is 2. The second-order valence-corrected chi connectivity index (χ2v) is 19.1. The highest BCUT2D eigenvalue weighted by Crippen LogP contribution is 2.45. The molecule has 2 fully saturated rings. The Labute approximate surface area is 374 Å². The van der Waals surface area contributed by atoms with Crippen LogP contribution in [0.2, 0.25) is 0 Å². The lowest BCUT2D eigenvalue weighted by Gasteiger charge is -2.30. The van der Waals surface area contributed by atoms with Crippen LogP contribution in [0.25, 0.3) is 0 Å². The summed E-state index contributed by atoms with van der Waals surface area (Å²) in [6.07, 6.45) is -1.75. The van der Waals surface area contributed by atoms with Gasteiger partial charge in [0.25, 0.3) is 0 Å². The summed E-state index contributed by atoms with van der Waals surface area (Å²) in [5, 5.41) is 18.9. The van der Waals surface area contributed by atoms with E-state index < -0.39 is 58.9 Å². The highest BCUT2D eigenvalue weighted by molar-refractivity contribution is 8.76. The summed E-state index contributed by atoms with van der Waals surface area (Å²) >= 11 is 2.67. The molecular weight excluding hydrogens is 877 g/mol. The van der Waals surface area contributed by atoms with Crippen LogP contribution in [0.5, 0.6) is 11.5 Å². The highest BCUT2D eigenvalue weighted by Gasteiger charge is 2.45. The predicted octanol–water partition coefficient (Wildman–Crippen LogP) is 8.53. The van der Waals surface area contributed by atoms with Gasteiger partial charge < -0.3 is 39.0 Å². The molecule has 6 rings (SSSR count). The third-order valence-corrected chi connectivity index (χ3v) is 15.2. The largest absolute Gasteiger partial charge is 0.514 e. The Morgan fingerprint density at radius 1 is 0.581 bits per heavy atom. The van der Waals surface area contributed by atoms with E-state index in [-0.39, 0.29) is 48.0 Å². The van der Waals surface area contributed by atoms with Crippen LogP contribution >= 0.6 is 45.1 Å². The van der Waals surface area contributed by atoms with E-state index in [2.05, 4.69) is 0 Å². The van der Waals surface area contributed by atoms with Gasteiger partial charge in [-0.25, -0.2) is 19.2 Å². The maximum atomic E-state index is 13.9. The van der Waals surface area contributed by atoms with E-state index >= 15 is 0 Å². The number of thioether (sulfide) groups is 2. The smallest absolute Gasteiger partial charge is 0.480 e. The van der Waals surface area contributed by atoms with Gasteiger partial charge >= 0.3 is 24.2 Å². The standard InChI is InChI=1S/C44H44N2O12S4/c1-27(37(47)45-35(41(49)50)25-59-39(45)31-13-17-33(18-14-31)57-43(53)55-21-29-9-5-3-6-10-29)23-61-62-24-28(2)38(48)46-36(42(51)52)26-60-40(46)32-15-19-34(20-16-32)58-44(54)56-22-30-11-7-4-8-12-30/h3-20,27-28,35-36,39-40H,21-26H2,1-2H3,(H,49,50)(H,51,52)/t27-,28-,35+,36+,39?,40?/m1/s1. The number of hydrogen-bond acceptors (Lipinski definition) is 14. The van der Waals surface area contributed by atoms with E-state index in [0.717, 1.165) is 11.1 Å². The monoisotopic (exact) mass is 920 g/mol. The van der Waals surface area contributed by atoms with Crippen molar-refractivity contribution >= 4 is 81.2 Å². The molecule has 4 aromatic rings. The maximum absolute atomic E-state index is 13.9. The lowest BCUT2D eigenvalue weighted by molar-refractivity contribution is -0.150. The maximum Gasteiger partial charge on any atom is 0.514 e. The van der Waals surface area contributed by atoms with Gasteiger partial charge in [0.15, 0.2) is 0 Å². The SMILES string of the molecule is C[C@H](CSSC[C@@H](C)C(=O)N1C(c2ccc(OC(=O)OCc3ccccc3)cc2)SC[C@H]1C(=O)O)C(=O)N1C(c2ccc(OC(=O)OCc3ccccc3)cc2)SC[C@H]1C(=O)O. The summed E-state index contributed by atoms with van der Waals surface area (Å²) in [5.74, 6) is -2.54. The first kappa shape index (κ1) is 46.2. The van der Waals surface area contributed by atoms with Gasteiger partial charge in [-0.1, -0.05) is 120 Å². The predicted molar refractivity (Wildman–Crippen MR) is 238 cm³/mol. The number of carbonyl (C=O) groups excluding carboxylic acids is 4. The molecule has 2 unspecified atom stereocenters. The van der Waals surface area contributed by atoms with E-state index in [0.29, 0.717) is 22.6 Å². The summed E-state index contributed by atoms with van der Waals surface area (Å²) < 4.78 is 21.0. The van der Waals surface area contributed by atoms with Crippen LogP contribution in [0.15, 0.2) is 109 Å². The third kappa shape index (κ3) is 12.2. The molecule has 0 aliphatic carbocycles.